The lowest BCUT2D eigenvalue weighted by Crippen LogP contribution is -2.21. The monoisotopic (exact) mass is 495 g/mol. The van der Waals surface area contributed by atoms with Crippen LogP contribution in [0.15, 0.2) is 78.9 Å². The van der Waals surface area contributed by atoms with Crippen molar-refractivity contribution in [1.29, 1.82) is 5.41 Å². The molecule has 0 saturated heterocycles. The summed E-state index contributed by atoms with van der Waals surface area (Å²) in [7, 11) is 0. The Kier molecular flexibility index (Phi) is 7.37. The Hall–Kier alpha value is -4.42. The molecule has 2 aromatic heterocycles. The number of anilines is 2. The van der Waals surface area contributed by atoms with Crippen molar-refractivity contribution in [2.75, 3.05) is 10.6 Å². The Morgan fingerprint density at radius 3 is 2.17 bits per heavy atom. The third kappa shape index (κ3) is 7.55. The quantitative estimate of drug-likeness (QED) is 0.295. The topological polar surface area (TPSA) is 100.0 Å². The van der Waals surface area contributed by atoms with Gasteiger partial charge in [-0.2, -0.15) is 13.2 Å². The molecule has 182 valence electrons. The number of nitrogens with zero attached hydrogens (tertiary/aromatic N) is 2. The van der Waals surface area contributed by atoms with Crippen LogP contribution in [0.1, 0.15) is 15.9 Å². The van der Waals surface area contributed by atoms with Gasteiger partial charge in [-0.05, 0) is 54.6 Å². The van der Waals surface area contributed by atoms with E-state index in [4.69, 9.17) is 5.41 Å². The molecule has 0 fully saturated rings. The van der Waals surface area contributed by atoms with Crippen LogP contribution in [0.5, 0.6) is 5.75 Å². The molecule has 0 bridgehead atoms. The van der Waals surface area contributed by atoms with Gasteiger partial charge in [-0.3, -0.25) is 9.78 Å². The zero-order chi connectivity index (χ0) is 25.6. The van der Waals surface area contributed by atoms with E-state index in [-0.39, 0.29) is 22.6 Å². The highest BCUT2D eigenvalue weighted by Gasteiger charge is 2.34. The number of hydrogen-bond acceptors (Lipinski definition) is 6. The molecule has 7 nitrogen and oxygen atoms in total. The van der Waals surface area contributed by atoms with Crippen molar-refractivity contribution in [3.63, 3.8) is 0 Å². The van der Waals surface area contributed by atoms with E-state index >= 15 is 0 Å². The molecule has 0 aliphatic carbocycles. The third-order valence-corrected chi connectivity index (χ3v) is 4.20. The number of rotatable bonds is 7. The van der Waals surface area contributed by atoms with Gasteiger partial charge in [0.05, 0.1) is 11.3 Å². The summed E-state index contributed by atoms with van der Waals surface area (Å²) in [6.45, 7) is 0. The Balaban J connectivity index is 1.68. The Labute approximate surface area is 194 Å². The average Bonchev–Trinajstić information content (AvgIpc) is 2.79. The van der Waals surface area contributed by atoms with Gasteiger partial charge in [0.25, 0.3) is 5.91 Å². The van der Waals surface area contributed by atoms with Gasteiger partial charge in [0.2, 0.25) is 0 Å². The van der Waals surface area contributed by atoms with E-state index in [1.807, 2.05) is 0 Å². The van der Waals surface area contributed by atoms with Crippen LogP contribution in [0.3, 0.4) is 0 Å². The van der Waals surface area contributed by atoms with E-state index in [0.29, 0.717) is 6.08 Å². The molecule has 0 radical (unpaired) electrons. The zero-order valence-corrected chi connectivity index (χ0v) is 17.4. The second-order valence-corrected chi connectivity index (χ2v) is 6.79. The molecule has 0 aliphatic heterocycles. The maximum absolute atomic E-state index is 13.4. The number of pyridine rings is 2. The van der Waals surface area contributed by atoms with Crippen LogP contribution in [-0.2, 0) is 0 Å². The maximum Gasteiger partial charge on any atom is 0.573 e. The highest BCUT2D eigenvalue weighted by Crippen LogP contribution is 2.27. The van der Waals surface area contributed by atoms with Gasteiger partial charge in [0.1, 0.15) is 17.3 Å². The minimum absolute atomic E-state index is 0.0215. The van der Waals surface area contributed by atoms with Gasteiger partial charge in [-0.1, -0.05) is 0 Å². The number of aromatic nitrogens is 2. The highest BCUT2D eigenvalue weighted by molar-refractivity contribution is 6.07. The van der Waals surface area contributed by atoms with Crippen molar-refractivity contribution < 1.29 is 35.9 Å². The fourth-order valence-corrected chi connectivity index (χ4v) is 2.62. The molecule has 13 heteroatoms. The summed E-state index contributed by atoms with van der Waals surface area (Å²) in [6.07, 6.45) is -5.41. The Morgan fingerprint density at radius 1 is 0.914 bits per heavy atom. The Morgan fingerprint density at radius 2 is 1.63 bits per heavy atom. The fraction of sp³-hybridized carbons (Fsp3) is 0.0909. The smallest absolute Gasteiger partial charge is 0.406 e. The number of carbonyl (C=O) groups is 1. The largest absolute Gasteiger partial charge is 0.573 e. The summed E-state index contributed by atoms with van der Waals surface area (Å²) >= 11 is 0. The summed E-state index contributed by atoms with van der Waals surface area (Å²) in [5, 5.41) is 12.4. The number of hydrogen-bond donors (Lipinski definition) is 3. The van der Waals surface area contributed by atoms with Crippen LogP contribution < -0.4 is 15.4 Å². The molecule has 35 heavy (non-hydrogen) atoms. The molecule has 3 aromatic rings. The molecule has 0 spiro atoms. The first-order valence-corrected chi connectivity index (χ1v) is 9.59. The van der Waals surface area contributed by atoms with Crippen LogP contribution in [0.2, 0.25) is 0 Å². The number of carbonyl (C=O) groups excluding carboxylic acids is 1. The van der Waals surface area contributed by atoms with Crippen LogP contribution in [-0.4, -0.2) is 34.1 Å². The lowest BCUT2D eigenvalue weighted by molar-refractivity contribution is -0.274. The zero-order valence-electron chi connectivity index (χ0n) is 17.4. The standard InChI is InChI=1S/C22H15F6N5O2/c23-21(24,25)18(10-17(29)13-2-1-9-30-11-13)33-19-8-3-14(12-31-19)20(34)32-15-4-6-16(7-5-15)35-22(26,27)28/h1-12,29H,(H,31,33)(H,32,34)/b18-10-,29-17?. The molecule has 3 N–H and O–H groups in total. The summed E-state index contributed by atoms with van der Waals surface area (Å²) < 4.78 is 80.7. The first-order chi connectivity index (χ1) is 16.4. The minimum Gasteiger partial charge on any atom is -0.406 e. The normalized spacial score (nSPS) is 12.1. The summed E-state index contributed by atoms with van der Waals surface area (Å²) in [5.41, 5.74) is -1.37. The number of nitrogens with one attached hydrogen (secondary N) is 3. The molecule has 0 unspecified atom stereocenters. The number of benzene rings is 1. The van der Waals surface area contributed by atoms with Gasteiger partial charge in [-0.25, -0.2) is 4.98 Å². The fourth-order valence-electron chi connectivity index (χ4n) is 2.62. The van der Waals surface area contributed by atoms with Crippen molar-refractivity contribution in [1.82, 2.24) is 9.97 Å². The molecule has 0 saturated carbocycles. The molecule has 1 amide bonds. The number of alkyl halides is 6. The first kappa shape index (κ1) is 25.2. The second-order valence-electron chi connectivity index (χ2n) is 6.79. The molecule has 3 rings (SSSR count). The predicted molar refractivity (Wildman–Crippen MR) is 114 cm³/mol. The van der Waals surface area contributed by atoms with E-state index in [1.54, 1.807) is 0 Å². The second kappa shape index (κ2) is 10.2. The van der Waals surface area contributed by atoms with E-state index in [2.05, 4.69) is 25.3 Å². The van der Waals surface area contributed by atoms with Crippen molar-refractivity contribution in [3.05, 3.63) is 90.0 Å². The molecular weight excluding hydrogens is 480 g/mol. The summed E-state index contributed by atoms with van der Waals surface area (Å²) in [4.78, 5) is 19.9. The van der Waals surface area contributed by atoms with Gasteiger partial charge in [-0.15, -0.1) is 13.2 Å². The predicted octanol–water partition coefficient (Wildman–Crippen LogP) is 5.55. The van der Waals surface area contributed by atoms with Gasteiger partial charge in [0, 0.05) is 29.8 Å². The molecule has 0 atom stereocenters. The van der Waals surface area contributed by atoms with E-state index < -0.39 is 35.6 Å². The van der Waals surface area contributed by atoms with Gasteiger partial charge >= 0.3 is 12.5 Å². The van der Waals surface area contributed by atoms with Crippen LogP contribution in [0.4, 0.5) is 37.8 Å². The van der Waals surface area contributed by atoms with E-state index in [1.165, 1.54) is 42.7 Å². The molecule has 1 aromatic carbocycles. The average molecular weight is 495 g/mol. The summed E-state index contributed by atoms with van der Waals surface area (Å²) in [6, 6.07) is 9.61. The molecule has 2 heterocycles. The maximum atomic E-state index is 13.4. The molecular formula is C22H15F6N5O2. The van der Waals surface area contributed by atoms with Crippen LogP contribution in [0.25, 0.3) is 0 Å². The number of amides is 1. The van der Waals surface area contributed by atoms with Crippen molar-refractivity contribution in [3.8, 4) is 5.75 Å². The van der Waals surface area contributed by atoms with Gasteiger partial charge < -0.3 is 20.8 Å². The number of allylic oxidation sites excluding steroid dienone is 2. The lowest BCUT2D eigenvalue weighted by Gasteiger charge is -2.14. The summed E-state index contributed by atoms with van der Waals surface area (Å²) in [5.74, 6) is -1.41. The van der Waals surface area contributed by atoms with Crippen molar-refractivity contribution in [2.24, 2.45) is 0 Å². The Bertz CT molecular complexity index is 1210. The highest BCUT2D eigenvalue weighted by atomic mass is 19.4. The first-order valence-electron chi connectivity index (χ1n) is 9.59. The van der Waals surface area contributed by atoms with E-state index in [9.17, 15) is 31.1 Å². The number of halogens is 6. The lowest BCUT2D eigenvalue weighted by atomic mass is 10.1. The van der Waals surface area contributed by atoms with Crippen molar-refractivity contribution in [2.45, 2.75) is 12.5 Å². The van der Waals surface area contributed by atoms with E-state index in [0.717, 1.165) is 24.4 Å². The van der Waals surface area contributed by atoms with Crippen LogP contribution in [0, 0.1) is 5.41 Å². The minimum atomic E-state index is -4.85. The third-order valence-electron chi connectivity index (χ3n) is 4.20. The van der Waals surface area contributed by atoms with Crippen LogP contribution >= 0.6 is 0 Å². The van der Waals surface area contributed by atoms with Gasteiger partial charge in [0.15, 0.2) is 0 Å². The molecule has 0 aliphatic rings. The number of ether oxygens (including phenoxy) is 1. The SMILES string of the molecule is N=C(/C=C(\Nc1ccc(C(=O)Nc2ccc(OC(F)(F)F)cc2)cn1)C(F)(F)F)c1cccnc1. The van der Waals surface area contributed by atoms with Crippen molar-refractivity contribution >= 4 is 23.1 Å².